The van der Waals surface area contributed by atoms with Crippen molar-refractivity contribution < 1.29 is 5.11 Å². The predicted molar refractivity (Wildman–Crippen MR) is 115 cm³/mol. The highest BCUT2D eigenvalue weighted by molar-refractivity contribution is 7.09. The Morgan fingerprint density at radius 2 is 1.93 bits per heavy atom. The molecule has 0 aliphatic carbocycles. The molecule has 0 saturated heterocycles. The summed E-state index contributed by atoms with van der Waals surface area (Å²) < 4.78 is 0. The number of rotatable bonds is 2. The van der Waals surface area contributed by atoms with Gasteiger partial charge in [0.15, 0.2) is 11.4 Å². The topological polar surface area (TPSA) is 97.8 Å². The van der Waals surface area contributed by atoms with Crippen LogP contribution in [0.2, 0.25) is 0 Å². The molecule has 0 amide bonds. The van der Waals surface area contributed by atoms with Gasteiger partial charge in [0.05, 0.1) is 27.3 Å². The Hall–Kier alpha value is -3.34. The van der Waals surface area contributed by atoms with Crippen LogP contribution in [0.5, 0.6) is 0 Å². The molecule has 0 aliphatic heterocycles. The average molecular weight is 401 g/mol. The Morgan fingerprint density at radius 3 is 2.69 bits per heavy atom. The number of aliphatic hydroxyl groups is 1. The lowest BCUT2D eigenvalue weighted by Gasteiger charge is -2.14. The Balaban J connectivity index is 1.70. The summed E-state index contributed by atoms with van der Waals surface area (Å²) >= 11 is 1.40. The van der Waals surface area contributed by atoms with E-state index in [9.17, 15) is 5.11 Å². The zero-order chi connectivity index (χ0) is 20.6. The largest absolute Gasteiger partial charge is 0.382 e. The molecule has 4 rings (SSSR count). The van der Waals surface area contributed by atoms with Crippen LogP contribution in [0.3, 0.4) is 0 Å². The maximum atomic E-state index is 10.7. The van der Waals surface area contributed by atoms with Gasteiger partial charge in [0.25, 0.3) is 0 Å². The number of aryl methyl sites for hydroxylation is 2. The summed E-state index contributed by atoms with van der Waals surface area (Å²) in [6, 6.07) is 11.5. The summed E-state index contributed by atoms with van der Waals surface area (Å²) in [4.78, 5) is 18.1. The van der Waals surface area contributed by atoms with Crippen molar-refractivity contribution in [2.75, 3.05) is 5.73 Å². The van der Waals surface area contributed by atoms with E-state index < -0.39 is 5.60 Å². The smallest absolute Gasteiger partial charge is 0.159 e. The molecule has 1 atom stereocenters. The highest BCUT2D eigenvalue weighted by atomic mass is 32.1. The summed E-state index contributed by atoms with van der Waals surface area (Å²) in [6.07, 6.45) is 0. The van der Waals surface area contributed by atoms with Gasteiger partial charge < -0.3 is 10.8 Å². The average Bonchev–Trinajstić information content (AvgIpc) is 3.13. The van der Waals surface area contributed by atoms with Gasteiger partial charge in [-0.05, 0) is 45.0 Å². The van der Waals surface area contributed by atoms with E-state index >= 15 is 0 Å². The molecular formula is C22H19N5OS. The SMILES string of the molecule is Cc1nc(N)c2nc(-c3cccc(C#C[C@@](C)(O)c4scnc4C)c3)ccc2n1. The van der Waals surface area contributed by atoms with E-state index in [-0.39, 0.29) is 0 Å². The van der Waals surface area contributed by atoms with Gasteiger partial charge in [-0.2, -0.15) is 0 Å². The first-order chi connectivity index (χ1) is 13.8. The zero-order valence-corrected chi connectivity index (χ0v) is 17.1. The van der Waals surface area contributed by atoms with Crippen molar-refractivity contribution >= 4 is 28.2 Å². The number of nitrogens with two attached hydrogens (primary N) is 1. The quantitative estimate of drug-likeness (QED) is 0.498. The fourth-order valence-corrected chi connectivity index (χ4v) is 3.91. The molecule has 0 saturated carbocycles. The number of hydrogen-bond donors (Lipinski definition) is 2. The Morgan fingerprint density at radius 1 is 1.10 bits per heavy atom. The minimum Gasteiger partial charge on any atom is -0.382 e. The number of nitrogen functional groups attached to an aromatic ring is 1. The van der Waals surface area contributed by atoms with Crippen molar-refractivity contribution in [1.82, 2.24) is 19.9 Å². The van der Waals surface area contributed by atoms with Crippen LogP contribution in [-0.4, -0.2) is 25.0 Å². The van der Waals surface area contributed by atoms with E-state index in [0.29, 0.717) is 22.7 Å². The second-order valence-corrected chi connectivity index (χ2v) is 7.74. The second kappa shape index (κ2) is 7.24. The van der Waals surface area contributed by atoms with Crippen LogP contribution in [0, 0.1) is 25.7 Å². The van der Waals surface area contributed by atoms with Crippen LogP contribution in [0.4, 0.5) is 5.82 Å². The van der Waals surface area contributed by atoms with E-state index in [1.54, 1.807) is 19.4 Å². The minimum atomic E-state index is -1.26. The molecule has 29 heavy (non-hydrogen) atoms. The molecule has 3 heterocycles. The van der Waals surface area contributed by atoms with Crippen LogP contribution in [0.15, 0.2) is 41.9 Å². The molecule has 1 aromatic carbocycles. The van der Waals surface area contributed by atoms with E-state index in [1.165, 1.54) is 11.3 Å². The summed E-state index contributed by atoms with van der Waals surface area (Å²) in [5.74, 6) is 7.00. The molecule has 0 radical (unpaired) electrons. The van der Waals surface area contributed by atoms with Gasteiger partial charge in [-0.1, -0.05) is 24.0 Å². The van der Waals surface area contributed by atoms with Crippen molar-refractivity contribution in [2.24, 2.45) is 0 Å². The lowest BCUT2D eigenvalue weighted by molar-refractivity contribution is 0.125. The first-order valence-corrected chi connectivity index (χ1v) is 9.89. The van der Waals surface area contributed by atoms with Crippen LogP contribution in [0.25, 0.3) is 22.3 Å². The number of anilines is 1. The number of benzene rings is 1. The third-order valence-corrected chi connectivity index (χ3v) is 5.62. The van der Waals surface area contributed by atoms with Crippen molar-refractivity contribution in [2.45, 2.75) is 26.4 Å². The third kappa shape index (κ3) is 3.81. The van der Waals surface area contributed by atoms with Crippen molar-refractivity contribution in [3.05, 3.63) is 63.9 Å². The lowest BCUT2D eigenvalue weighted by Crippen LogP contribution is -2.18. The van der Waals surface area contributed by atoms with E-state index in [1.807, 2.05) is 43.3 Å². The monoisotopic (exact) mass is 401 g/mol. The summed E-state index contributed by atoms with van der Waals surface area (Å²) in [5, 5.41) is 10.7. The first-order valence-electron chi connectivity index (χ1n) is 9.01. The van der Waals surface area contributed by atoms with Gasteiger partial charge in [0.1, 0.15) is 11.3 Å². The minimum absolute atomic E-state index is 0.362. The Labute approximate surface area is 172 Å². The molecule has 144 valence electrons. The van der Waals surface area contributed by atoms with Crippen LogP contribution in [-0.2, 0) is 5.60 Å². The normalized spacial score (nSPS) is 13.0. The van der Waals surface area contributed by atoms with Crippen LogP contribution < -0.4 is 5.73 Å². The standard InChI is InChI=1S/C22H19N5OS/c1-13-20(29-12-24-13)22(3,28)10-9-15-5-4-6-16(11-15)17-7-8-18-19(27-17)21(23)26-14(2)25-18/h4-8,11-12,28H,1-3H3,(H2,23,25,26)/t22-/m1/s1. The summed E-state index contributed by atoms with van der Waals surface area (Å²) in [7, 11) is 0. The van der Waals surface area contributed by atoms with E-state index in [0.717, 1.165) is 27.4 Å². The Kier molecular flexibility index (Phi) is 4.74. The fourth-order valence-electron chi connectivity index (χ4n) is 3.09. The lowest BCUT2D eigenvalue weighted by atomic mass is 10.0. The van der Waals surface area contributed by atoms with Crippen LogP contribution >= 0.6 is 11.3 Å². The zero-order valence-electron chi connectivity index (χ0n) is 16.3. The second-order valence-electron chi connectivity index (χ2n) is 6.89. The Bertz CT molecular complexity index is 1280. The highest BCUT2D eigenvalue weighted by Crippen LogP contribution is 2.27. The summed E-state index contributed by atoms with van der Waals surface area (Å²) in [6.45, 7) is 5.35. The predicted octanol–water partition coefficient (Wildman–Crippen LogP) is 3.61. The molecule has 7 heteroatoms. The number of nitrogens with zero attached hydrogens (tertiary/aromatic N) is 4. The number of pyridine rings is 1. The molecule has 0 aliphatic rings. The van der Waals surface area contributed by atoms with Crippen molar-refractivity contribution in [3.63, 3.8) is 0 Å². The number of fused-ring (bicyclic) bond motifs is 1. The molecule has 0 unspecified atom stereocenters. The fraction of sp³-hybridized carbons (Fsp3) is 0.182. The first kappa shape index (κ1) is 19.0. The van der Waals surface area contributed by atoms with Gasteiger partial charge in [-0.3, -0.25) is 0 Å². The molecule has 0 spiro atoms. The molecule has 4 aromatic rings. The maximum absolute atomic E-state index is 10.7. The maximum Gasteiger partial charge on any atom is 0.159 e. The molecule has 0 bridgehead atoms. The number of aromatic nitrogens is 4. The molecule has 6 nitrogen and oxygen atoms in total. The van der Waals surface area contributed by atoms with Crippen LogP contribution in [0.1, 0.15) is 28.9 Å². The molecular weight excluding hydrogens is 382 g/mol. The highest BCUT2D eigenvalue weighted by Gasteiger charge is 2.24. The van der Waals surface area contributed by atoms with Gasteiger partial charge in [-0.25, -0.2) is 19.9 Å². The van der Waals surface area contributed by atoms with Gasteiger partial charge in [0.2, 0.25) is 0 Å². The molecule has 3 aromatic heterocycles. The van der Waals surface area contributed by atoms with E-state index in [2.05, 4.69) is 31.8 Å². The van der Waals surface area contributed by atoms with Gasteiger partial charge in [0, 0.05) is 11.1 Å². The molecule has 0 fully saturated rings. The van der Waals surface area contributed by atoms with Crippen molar-refractivity contribution in [1.29, 1.82) is 0 Å². The van der Waals surface area contributed by atoms with Gasteiger partial charge in [-0.15, -0.1) is 11.3 Å². The third-order valence-electron chi connectivity index (χ3n) is 4.48. The summed E-state index contributed by atoms with van der Waals surface area (Å²) in [5.41, 5.74) is 11.0. The van der Waals surface area contributed by atoms with E-state index in [4.69, 9.17) is 5.73 Å². The molecule has 3 N–H and O–H groups in total. The number of thiazole rings is 1. The van der Waals surface area contributed by atoms with Gasteiger partial charge >= 0.3 is 0 Å². The number of hydrogen-bond acceptors (Lipinski definition) is 7. The van der Waals surface area contributed by atoms with Crippen molar-refractivity contribution in [3.8, 4) is 23.1 Å².